The first-order valence-electron chi connectivity index (χ1n) is 8.90. The van der Waals surface area contributed by atoms with Crippen LogP contribution < -0.4 is 9.54 Å². The number of amides is 1. The molecular weight excluding hydrogens is 419 g/mol. The number of carbonyl (C=O) groups excluding carboxylic acids is 1. The molecule has 3 aromatic rings. The summed E-state index contributed by atoms with van der Waals surface area (Å²) in [5, 5.41) is 0.916. The van der Waals surface area contributed by atoms with Crippen molar-refractivity contribution < 1.29 is 14.3 Å². The van der Waals surface area contributed by atoms with E-state index in [2.05, 4.69) is 4.99 Å². The number of hydrogen-bond acceptors (Lipinski definition) is 4. The molecule has 148 valence electrons. The Morgan fingerprint density at radius 3 is 2.68 bits per heavy atom. The van der Waals surface area contributed by atoms with Crippen LogP contribution >= 0.6 is 34.5 Å². The second-order valence-electron chi connectivity index (χ2n) is 5.86. The molecule has 0 N–H and O–H groups in total. The van der Waals surface area contributed by atoms with E-state index in [1.807, 2.05) is 47.9 Å². The van der Waals surface area contributed by atoms with Gasteiger partial charge in [0.15, 0.2) is 4.80 Å². The van der Waals surface area contributed by atoms with Crippen molar-refractivity contribution in [2.24, 2.45) is 4.99 Å². The number of rotatable bonds is 8. The van der Waals surface area contributed by atoms with Gasteiger partial charge in [0.2, 0.25) is 0 Å². The lowest BCUT2D eigenvalue weighted by Crippen LogP contribution is -2.20. The van der Waals surface area contributed by atoms with E-state index in [9.17, 15) is 4.79 Å². The quantitative estimate of drug-likeness (QED) is 0.467. The van der Waals surface area contributed by atoms with Gasteiger partial charge in [-0.15, -0.1) is 0 Å². The average molecular weight is 439 g/mol. The zero-order valence-corrected chi connectivity index (χ0v) is 17.7. The highest BCUT2D eigenvalue weighted by Crippen LogP contribution is 2.32. The fraction of sp³-hybridized carbons (Fsp3) is 0.300. The molecule has 28 heavy (non-hydrogen) atoms. The lowest BCUT2D eigenvalue weighted by molar-refractivity contribution is -0.118. The molecule has 0 fully saturated rings. The van der Waals surface area contributed by atoms with E-state index < -0.39 is 0 Å². The van der Waals surface area contributed by atoms with Crippen LogP contribution in [0.3, 0.4) is 0 Å². The highest BCUT2D eigenvalue weighted by molar-refractivity contribution is 7.16. The summed E-state index contributed by atoms with van der Waals surface area (Å²) in [6.45, 7) is 3.83. The standard InChI is InChI=1S/C20H20Cl2N2O3S/c1-2-26-13-11-24-19-16(9-8-15(21)18(19)22)28-20(24)23-17(25)10-12-27-14-6-4-3-5-7-14/h3-9H,2,10-13H2,1H3. The molecule has 8 heteroatoms. The fourth-order valence-electron chi connectivity index (χ4n) is 2.63. The topological polar surface area (TPSA) is 52.8 Å². The largest absolute Gasteiger partial charge is 0.493 e. The van der Waals surface area contributed by atoms with Crippen LogP contribution in [-0.4, -0.2) is 30.3 Å². The third-order valence-electron chi connectivity index (χ3n) is 3.95. The maximum Gasteiger partial charge on any atom is 0.251 e. The third kappa shape index (κ3) is 5.14. The van der Waals surface area contributed by atoms with Gasteiger partial charge in [-0.1, -0.05) is 52.7 Å². The molecule has 0 unspecified atom stereocenters. The van der Waals surface area contributed by atoms with E-state index in [4.69, 9.17) is 32.7 Å². The van der Waals surface area contributed by atoms with Gasteiger partial charge in [-0.2, -0.15) is 4.99 Å². The number of hydrogen-bond donors (Lipinski definition) is 0. The minimum absolute atomic E-state index is 0.184. The molecular formula is C20H20Cl2N2O3S. The number of halogens is 2. The van der Waals surface area contributed by atoms with Gasteiger partial charge in [0.05, 0.1) is 39.9 Å². The molecule has 2 aromatic carbocycles. The van der Waals surface area contributed by atoms with Crippen LogP contribution in [0.15, 0.2) is 47.5 Å². The molecule has 0 aliphatic rings. The van der Waals surface area contributed by atoms with Crippen LogP contribution in [0.2, 0.25) is 10.0 Å². The Bertz CT molecular complexity index is 1020. The number of thiazole rings is 1. The number of fused-ring (bicyclic) bond motifs is 1. The van der Waals surface area contributed by atoms with Crippen molar-refractivity contribution >= 4 is 50.7 Å². The van der Waals surface area contributed by atoms with Gasteiger partial charge in [-0.25, -0.2) is 0 Å². The van der Waals surface area contributed by atoms with Gasteiger partial charge in [0.1, 0.15) is 5.75 Å². The molecule has 0 atom stereocenters. The first-order valence-corrected chi connectivity index (χ1v) is 10.5. The van der Waals surface area contributed by atoms with Crippen molar-refractivity contribution in [3.05, 3.63) is 57.3 Å². The molecule has 1 heterocycles. The predicted molar refractivity (Wildman–Crippen MR) is 113 cm³/mol. The minimum Gasteiger partial charge on any atom is -0.493 e. The Balaban J connectivity index is 1.82. The Kier molecular flexibility index (Phi) is 7.50. The van der Waals surface area contributed by atoms with E-state index in [-0.39, 0.29) is 18.9 Å². The van der Waals surface area contributed by atoms with E-state index in [1.54, 1.807) is 6.07 Å². The Morgan fingerprint density at radius 2 is 1.93 bits per heavy atom. The van der Waals surface area contributed by atoms with E-state index in [0.29, 0.717) is 34.6 Å². The Labute approximate surface area is 177 Å². The monoisotopic (exact) mass is 438 g/mol. The summed E-state index contributed by atoms with van der Waals surface area (Å²) in [4.78, 5) is 17.2. The van der Waals surface area contributed by atoms with Crippen molar-refractivity contribution in [1.29, 1.82) is 0 Å². The van der Waals surface area contributed by atoms with Crippen LogP contribution in [0, 0.1) is 0 Å². The second-order valence-corrected chi connectivity index (χ2v) is 7.65. The molecule has 0 saturated carbocycles. The molecule has 0 aliphatic heterocycles. The Hall–Kier alpha value is -1.86. The predicted octanol–water partition coefficient (Wildman–Crippen LogP) is 4.94. The fourth-order valence-corrected chi connectivity index (χ4v) is 4.19. The van der Waals surface area contributed by atoms with Crippen molar-refractivity contribution in [1.82, 2.24) is 4.57 Å². The minimum atomic E-state index is -0.255. The molecule has 3 rings (SSSR count). The van der Waals surface area contributed by atoms with Gasteiger partial charge < -0.3 is 14.0 Å². The van der Waals surface area contributed by atoms with E-state index in [0.717, 1.165) is 16.0 Å². The molecule has 0 spiro atoms. The first-order chi connectivity index (χ1) is 13.6. The van der Waals surface area contributed by atoms with Crippen molar-refractivity contribution in [2.75, 3.05) is 19.8 Å². The van der Waals surface area contributed by atoms with Crippen molar-refractivity contribution in [2.45, 2.75) is 19.9 Å². The third-order valence-corrected chi connectivity index (χ3v) is 5.78. The molecule has 1 aromatic heterocycles. The normalized spacial score (nSPS) is 11.9. The molecule has 0 bridgehead atoms. The molecule has 0 saturated heterocycles. The number of nitrogens with zero attached hydrogens (tertiary/aromatic N) is 2. The zero-order chi connectivity index (χ0) is 19.9. The summed E-state index contributed by atoms with van der Waals surface area (Å²) in [5.74, 6) is 0.472. The van der Waals surface area contributed by atoms with Crippen LogP contribution in [0.1, 0.15) is 13.3 Å². The summed E-state index contributed by atoms with van der Waals surface area (Å²) in [6, 6.07) is 13.0. The maximum atomic E-state index is 12.4. The first kappa shape index (κ1) is 20.9. The number of ether oxygens (including phenoxy) is 2. The van der Waals surface area contributed by atoms with Crippen LogP contribution in [-0.2, 0) is 16.1 Å². The number of benzene rings is 2. The van der Waals surface area contributed by atoms with Gasteiger partial charge in [0, 0.05) is 13.2 Å². The van der Waals surface area contributed by atoms with Gasteiger partial charge in [-0.3, -0.25) is 4.79 Å². The molecule has 1 amide bonds. The Morgan fingerprint density at radius 1 is 1.14 bits per heavy atom. The summed E-state index contributed by atoms with van der Waals surface area (Å²) < 4.78 is 13.8. The maximum absolute atomic E-state index is 12.4. The second kappa shape index (κ2) is 10.1. The van der Waals surface area contributed by atoms with Crippen molar-refractivity contribution in [3.8, 4) is 5.75 Å². The average Bonchev–Trinajstić information content (AvgIpc) is 3.04. The van der Waals surface area contributed by atoms with Crippen LogP contribution in [0.5, 0.6) is 5.75 Å². The van der Waals surface area contributed by atoms with Crippen LogP contribution in [0.25, 0.3) is 10.2 Å². The lowest BCUT2D eigenvalue weighted by Gasteiger charge is -2.07. The SMILES string of the molecule is CCOCCn1c(=NC(=O)CCOc2ccccc2)sc2ccc(Cl)c(Cl)c21. The molecule has 0 aliphatic carbocycles. The molecule has 0 radical (unpaired) electrons. The highest BCUT2D eigenvalue weighted by Gasteiger charge is 2.13. The molecule has 5 nitrogen and oxygen atoms in total. The van der Waals surface area contributed by atoms with Gasteiger partial charge in [0.25, 0.3) is 5.91 Å². The summed E-state index contributed by atoms with van der Waals surface area (Å²) >= 11 is 14.0. The van der Waals surface area contributed by atoms with Crippen molar-refractivity contribution in [3.63, 3.8) is 0 Å². The highest BCUT2D eigenvalue weighted by atomic mass is 35.5. The number of carbonyl (C=O) groups is 1. The van der Waals surface area contributed by atoms with Gasteiger partial charge in [-0.05, 0) is 31.2 Å². The summed E-state index contributed by atoms with van der Waals surface area (Å²) in [5.41, 5.74) is 0.769. The van der Waals surface area contributed by atoms with Gasteiger partial charge >= 0.3 is 0 Å². The summed E-state index contributed by atoms with van der Waals surface area (Å²) in [7, 11) is 0. The van der Waals surface area contributed by atoms with E-state index >= 15 is 0 Å². The van der Waals surface area contributed by atoms with Crippen LogP contribution in [0.4, 0.5) is 0 Å². The number of para-hydroxylation sites is 1. The number of aromatic nitrogens is 1. The lowest BCUT2D eigenvalue weighted by atomic mass is 10.3. The smallest absolute Gasteiger partial charge is 0.251 e. The zero-order valence-electron chi connectivity index (χ0n) is 15.4. The summed E-state index contributed by atoms with van der Waals surface area (Å²) in [6.07, 6.45) is 0.184. The van der Waals surface area contributed by atoms with E-state index in [1.165, 1.54) is 11.3 Å².